The molecule has 1 aromatic heterocycles. The minimum Gasteiger partial charge on any atom is -0.487 e. The van der Waals surface area contributed by atoms with Crippen LogP contribution in [0, 0.1) is 6.92 Å². The molecule has 0 aliphatic heterocycles. The average Bonchev–Trinajstić information content (AvgIpc) is 3.12. The number of hydrogen-bond donors (Lipinski definition) is 1. The average molecular weight is 397 g/mol. The first kappa shape index (κ1) is 19.5. The van der Waals surface area contributed by atoms with Crippen LogP contribution in [0.25, 0.3) is 0 Å². The molecule has 0 aliphatic rings. The maximum atomic E-state index is 12.5. The minimum absolute atomic E-state index is 0.277. The topological polar surface area (TPSA) is 90.4 Å². The van der Waals surface area contributed by atoms with Gasteiger partial charge in [-0.15, -0.1) is 0 Å². The number of hydrogen-bond acceptors (Lipinski definition) is 7. The van der Waals surface area contributed by atoms with Crippen molar-refractivity contribution < 1.29 is 19.1 Å². The molecule has 28 heavy (non-hydrogen) atoms. The van der Waals surface area contributed by atoms with E-state index in [0.717, 1.165) is 23.1 Å². The van der Waals surface area contributed by atoms with Crippen LogP contribution in [-0.4, -0.2) is 27.2 Å². The highest BCUT2D eigenvalue weighted by molar-refractivity contribution is 6.99. The maximum Gasteiger partial charge on any atom is 0.338 e. The number of benzene rings is 2. The molecule has 3 aromatic rings. The van der Waals surface area contributed by atoms with E-state index in [9.17, 15) is 9.59 Å². The van der Waals surface area contributed by atoms with E-state index in [2.05, 4.69) is 14.1 Å². The summed E-state index contributed by atoms with van der Waals surface area (Å²) < 4.78 is 18.9. The number of carbonyl (C=O) groups is 2. The zero-order chi connectivity index (χ0) is 19.9. The van der Waals surface area contributed by atoms with Crippen molar-refractivity contribution in [2.24, 2.45) is 0 Å². The Balaban J connectivity index is 1.62. The monoisotopic (exact) mass is 397 g/mol. The first-order valence-corrected chi connectivity index (χ1v) is 9.39. The molecule has 0 atom stereocenters. The van der Waals surface area contributed by atoms with Crippen LogP contribution in [0.5, 0.6) is 5.75 Å². The number of nitrogens with zero attached hydrogens (tertiary/aromatic N) is 2. The van der Waals surface area contributed by atoms with Crippen molar-refractivity contribution in [1.82, 2.24) is 8.75 Å². The van der Waals surface area contributed by atoms with Crippen molar-refractivity contribution >= 4 is 29.3 Å². The predicted molar refractivity (Wildman–Crippen MR) is 106 cm³/mol. The van der Waals surface area contributed by atoms with E-state index in [0.29, 0.717) is 35.8 Å². The third-order valence-corrected chi connectivity index (χ3v) is 4.53. The van der Waals surface area contributed by atoms with Crippen molar-refractivity contribution in [3.05, 3.63) is 71.0 Å². The summed E-state index contributed by atoms with van der Waals surface area (Å²) in [6.07, 6.45) is 0. The number of amides is 1. The standard InChI is InChI=1S/C20H19N3O4S/c1-3-26-20(25)14-7-9-16(10-8-14)21-19(24)15-5-4-6-17(11-15)27-12-18-13(2)22-28-23-18/h4-11H,3,12H2,1-2H3,(H,21,24). The van der Waals surface area contributed by atoms with Gasteiger partial charge >= 0.3 is 5.97 Å². The maximum absolute atomic E-state index is 12.5. The van der Waals surface area contributed by atoms with Gasteiger partial charge in [-0.1, -0.05) is 6.07 Å². The fourth-order valence-corrected chi connectivity index (χ4v) is 2.92. The van der Waals surface area contributed by atoms with Crippen molar-refractivity contribution in [3.8, 4) is 5.75 Å². The summed E-state index contributed by atoms with van der Waals surface area (Å²) in [7, 11) is 0. The lowest BCUT2D eigenvalue weighted by Crippen LogP contribution is -2.12. The Morgan fingerprint density at radius 2 is 1.86 bits per heavy atom. The van der Waals surface area contributed by atoms with Crippen molar-refractivity contribution in [2.75, 3.05) is 11.9 Å². The van der Waals surface area contributed by atoms with E-state index >= 15 is 0 Å². The molecule has 0 radical (unpaired) electrons. The van der Waals surface area contributed by atoms with E-state index in [-0.39, 0.29) is 5.91 Å². The molecule has 1 heterocycles. The van der Waals surface area contributed by atoms with Gasteiger partial charge in [-0.2, -0.15) is 8.75 Å². The summed E-state index contributed by atoms with van der Waals surface area (Å²) in [4.78, 5) is 24.2. The summed E-state index contributed by atoms with van der Waals surface area (Å²) in [6.45, 7) is 4.23. The molecule has 0 fully saturated rings. The Kier molecular flexibility index (Phi) is 6.33. The Labute approximate surface area is 166 Å². The highest BCUT2D eigenvalue weighted by Crippen LogP contribution is 2.18. The number of esters is 1. The molecule has 7 nitrogen and oxygen atoms in total. The molecule has 2 aromatic carbocycles. The van der Waals surface area contributed by atoms with Gasteiger partial charge in [-0.25, -0.2) is 4.79 Å². The number of aryl methyl sites for hydroxylation is 1. The lowest BCUT2D eigenvalue weighted by Gasteiger charge is -2.09. The summed E-state index contributed by atoms with van der Waals surface area (Å²) in [6, 6.07) is 13.4. The van der Waals surface area contributed by atoms with Crippen LogP contribution in [0.1, 0.15) is 39.0 Å². The SMILES string of the molecule is CCOC(=O)c1ccc(NC(=O)c2cccc(OCc3nsnc3C)c2)cc1. The van der Waals surface area contributed by atoms with Gasteiger partial charge in [0.25, 0.3) is 5.91 Å². The number of aromatic nitrogens is 2. The molecule has 144 valence electrons. The van der Waals surface area contributed by atoms with Gasteiger partial charge in [0.1, 0.15) is 18.1 Å². The fourth-order valence-electron chi connectivity index (χ4n) is 2.37. The largest absolute Gasteiger partial charge is 0.487 e. The molecule has 0 aliphatic carbocycles. The van der Waals surface area contributed by atoms with Gasteiger partial charge in [0.05, 0.1) is 29.6 Å². The summed E-state index contributed by atoms with van der Waals surface area (Å²) in [5.41, 5.74) is 3.09. The lowest BCUT2D eigenvalue weighted by molar-refractivity contribution is 0.0526. The number of carbonyl (C=O) groups excluding carboxylic acids is 2. The van der Waals surface area contributed by atoms with Gasteiger partial charge in [-0.3, -0.25) is 4.79 Å². The Bertz CT molecular complexity index is 970. The van der Waals surface area contributed by atoms with Crippen LogP contribution >= 0.6 is 11.7 Å². The summed E-state index contributed by atoms with van der Waals surface area (Å²) >= 11 is 1.14. The highest BCUT2D eigenvalue weighted by atomic mass is 32.1. The van der Waals surface area contributed by atoms with E-state index in [1.807, 2.05) is 6.92 Å². The molecule has 8 heteroatoms. The molecule has 1 amide bonds. The van der Waals surface area contributed by atoms with Crippen LogP contribution in [0.3, 0.4) is 0 Å². The van der Waals surface area contributed by atoms with Crippen LogP contribution in [0.4, 0.5) is 5.69 Å². The van der Waals surface area contributed by atoms with Crippen molar-refractivity contribution in [2.45, 2.75) is 20.5 Å². The van der Waals surface area contributed by atoms with Gasteiger partial charge in [-0.05, 0) is 56.3 Å². The highest BCUT2D eigenvalue weighted by Gasteiger charge is 2.10. The van der Waals surface area contributed by atoms with Gasteiger partial charge in [0, 0.05) is 11.3 Å². The third-order valence-electron chi connectivity index (χ3n) is 3.87. The molecule has 0 spiro atoms. The number of ether oxygens (including phenoxy) is 2. The third kappa shape index (κ3) is 4.92. The lowest BCUT2D eigenvalue weighted by atomic mass is 10.1. The zero-order valence-corrected chi connectivity index (χ0v) is 16.3. The molecular formula is C20H19N3O4S. The Morgan fingerprint density at radius 3 is 2.54 bits per heavy atom. The van der Waals surface area contributed by atoms with Crippen LogP contribution < -0.4 is 10.1 Å². The zero-order valence-electron chi connectivity index (χ0n) is 15.5. The van der Waals surface area contributed by atoms with Gasteiger partial charge in [0.2, 0.25) is 0 Å². The molecular weight excluding hydrogens is 378 g/mol. The Morgan fingerprint density at radius 1 is 1.07 bits per heavy atom. The van der Waals surface area contributed by atoms with E-state index in [1.165, 1.54) is 0 Å². The van der Waals surface area contributed by atoms with Crippen LogP contribution in [0.15, 0.2) is 48.5 Å². The number of rotatable bonds is 7. The van der Waals surface area contributed by atoms with Gasteiger partial charge in [0.15, 0.2) is 0 Å². The number of anilines is 1. The number of nitrogens with one attached hydrogen (secondary N) is 1. The van der Waals surface area contributed by atoms with Crippen molar-refractivity contribution in [3.63, 3.8) is 0 Å². The molecule has 0 saturated heterocycles. The predicted octanol–water partition coefficient (Wildman–Crippen LogP) is 3.85. The fraction of sp³-hybridized carbons (Fsp3) is 0.200. The summed E-state index contributed by atoms with van der Waals surface area (Å²) in [5.74, 6) is -0.102. The normalized spacial score (nSPS) is 10.4. The first-order chi connectivity index (χ1) is 13.6. The smallest absolute Gasteiger partial charge is 0.338 e. The second kappa shape index (κ2) is 9.09. The van der Waals surface area contributed by atoms with Crippen molar-refractivity contribution in [1.29, 1.82) is 0 Å². The Hall–Kier alpha value is -3.26. The molecule has 0 bridgehead atoms. The van der Waals surface area contributed by atoms with E-state index in [1.54, 1.807) is 55.5 Å². The quantitative estimate of drug-likeness (QED) is 0.609. The molecule has 3 rings (SSSR count). The van der Waals surface area contributed by atoms with E-state index < -0.39 is 5.97 Å². The second-order valence-electron chi connectivity index (χ2n) is 5.86. The summed E-state index contributed by atoms with van der Waals surface area (Å²) in [5, 5.41) is 2.80. The van der Waals surface area contributed by atoms with Crippen LogP contribution in [-0.2, 0) is 11.3 Å². The van der Waals surface area contributed by atoms with E-state index in [4.69, 9.17) is 9.47 Å². The molecule has 0 unspecified atom stereocenters. The molecule has 1 N–H and O–H groups in total. The van der Waals surface area contributed by atoms with Gasteiger partial charge < -0.3 is 14.8 Å². The first-order valence-electron chi connectivity index (χ1n) is 8.66. The van der Waals surface area contributed by atoms with Crippen LogP contribution in [0.2, 0.25) is 0 Å². The molecule has 0 saturated carbocycles. The minimum atomic E-state index is -0.393. The second-order valence-corrected chi connectivity index (χ2v) is 6.39.